The number of aliphatic hydroxyl groups excluding tert-OH is 1. The number of β-amino-alcohol motifs (C(OH)–C–C–N with tert-alkyl or cyclic N) is 1. The highest BCUT2D eigenvalue weighted by Crippen LogP contribution is 2.17. The molecule has 0 aliphatic carbocycles. The molecule has 0 aromatic heterocycles. The SMILES string of the molecule is O=C(NC[C@@H]1CCCCN1CCO)[C@@H]1CCCOC1. The van der Waals surface area contributed by atoms with Crippen molar-refractivity contribution in [3.05, 3.63) is 0 Å². The summed E-state index contributed by atoms with van der Waals surface area (Å²) in [4.78, 5) is 14.3. The summed E-state index contributed by atoms with van der Waals surface area (Å²) < 4.78 is 5.35. The minimum absolute atomic E-state index is 0.0311. The lowest BCUT2D eigenvalue weighted by atomic mass is 9.99. The molecule has 2 rings (SSSR count). The molecule has 2 aliphatic rings. The van der Waals surface area contributed by atoms with Crippen LogP contribution in [-0.4, -0.2) is 61.4 Å². The Bertz CT molecular complexity index is 278. The van der Waals surface area contributed by atoms with E-state index in [-0.39, 0.29) is 18.4 Å². The van der Waals surface area contributed by atoms with E-state index < -0.39 is 0 Å². The lowest BCUT2D eigenvalue weighted by Gasteiger charge is -2.35. The van der Waals surface area contributed by atoms with E-state index in [9.17, 15) is 4.79 Å². The second-order valence-electron chi connectivity index (χ2n) is 5.57. The molecule has 2 atom stereocenters. The summed E-state index contributed by atoms with van der Waals surface area (Å²) in [7, 11) is 0. The van der Waals surface area contributed by atoms with Crippen LogP contribution in [0.2, 0.25) is 0 Å². The lowest BCUT2D eigenvalue weighted by molar-refractivity contribution is -0.129. The maximum absolute atomic E-state index is 12.0. The molecule has 1 amide bonds. The van der Waals surface area contributed by atoms with Gasteiger partial charge in [-0.05, 0) is 32.2 Å². The molecule has 2 heterocycles. The fourth-order valence-corrected chi connectivity index (χ4v) is 3.02. The van der Waals surface area contributed by atoms with Gasteiger partial charge in [0.1, 0.15) is 0 Å². The van der Waals surface area contributed by atoms with E-state index in [1.807, 2.05) is 0 Å². The average molecular weight is 270 g/mol. The Balaban J connectivity index is 1.74. The maximum Gasteiger partial charge on any atom is 0.225 e. The first-order valence-corrected chi connectivity index (χ1v) is 7.51. The first-order valence-electron chi connectivity index (χ1n) is 7.51. The molecule has 0 aromatic carbocycles. The number of carbonyl (C=O) groups is 1. The molecule has 2 aliphatic heterocycles. The Labute approximate surface area is 115 Å². The summed E-state index contributed by atoms with van der Waals surface area (Å²) in [6, 6.07) is 0.384. The second kappa shape index (κ2) is 7.82. The molecule has 0 spiro atoms. The first-order chi connectivity index (χ1) is 9.31. The van der Waals surface area contributed by atoms with Gasteiger partial charge < -0.3 is 15.2 Å². The van der Waals surface area contributed by atoms with Gasteiger partial charge in [0.2, 0.25) is 5.91 Å². The standard InChI is InChI=1S/C14H26N2O3/c17-8-7-16-6-2-1-5-13(16)10-15-14(18)12-4-3-9-19-11-12/h12-13,17H,1-11H2,(H,15,18)/t12-,13+/m1/s1. The zero-order valence-corrected chi connectivity index (χ0v) is 11.6. The molecule has 0 saturated carbocycles. The number of carbonyl (C=O) groups excluding carboxylic acids is 1. The number of amides is 1. The summed E-state index contributed by atoms with van der Waals surface area (Å²) in [5, 5.41) is 12.1. The van der Waals surface area contributed by atoms with Crippen LogP contribution in [0.15, 0.2) is 0 Å². The quantitative estimate of drug-likeness (QED) is 0.758. The Hall–Kier alpha value is -0.650. The fraction of sp³-hybridized carbons (Fsp3) is 0.929. The third-order valence-electron chi connectivity index (χ3n) is 4.18. The number of nitrogens with zero attached hydrogens (tertiary/aromatic N) is 1. The Morgan fingerprint density at radius 3 is 2.95 bits per heavy atom. The van der Waals surface area contributed by atoms with Crippen molar-refractivity contribution in [3.8, 4) is 0 Å². The predicted octanol–water partition coefficient (Wildman–Crippen LogP) is 0.376. The molecule has 2 N–H and O–H groups in total. The van der Waals surface area contributed by atoms with Gasteiger partial charge >= 0.3 is 0 Å². The maximum atomic E-state index is 12.0. The van der Waals surface area contributed by atoms with E-state index in [2.05, 4.69) is 10.2 Å². The number of hydrogen-bond acceptors (Lipinski definition) is 4. The van der Waals surface area contributed by atoms with E-state index in [4.69, 9.17) is 9.84 Å². The van der Waals surface area contributed by atoms with Gasteiger partial charge in [0.15, 0.2) is 0 Å². The van der Waals surface area contributed by atoms with Gasteiger partial charge in [-0.2, -0.15) is 0 Å². The first kappa shape index (κ1) is 14.8. The number of ether oxygens (including phenoxy) is 1. The van der Waals surface area contributed by atoms with Crippen molar-refractivity contribution in [2.45, 2.75) is 38.1 Å². The molecule has 0 radical (unpaired) electrons. The zero-order valence-electron chi connectivity index (χ0n) is 11.6. The van der Waals surface area contributed by atoms with E-state index in [1.165, 1.54) is 12.8 Å². The van der Waals surface area contributed by atoms with Crippen LogP contribution in [0.1, 0.15) is 32.1 Å². The van der Waals surface area contributed by atoms with Gasteiger partial charge in [0.25, 0.3) is 0 Å². The van der Waals surface area contributed by atoms with Crippen LogP contribution < -0.4 is 5.32 Å². The summed E-state index contributed by atoms with van der Waals surface area (Å²) in [5.74, 6) is 0.165. The molecular formula is C14H26N2O3. The smallest absolute Gasteiger partial charge is 0.225 e. The minimum atomic E-state index is 0.0311. The fourth-order valence-electron chi connectivity index (χ4n) is 3.02. The van der Waals surface area contributed by atoms with E-state index in [0.29, 0.717) is 25.7 Å². The Kier molecular flexibility index (Phi) is 6.07. The molecular weight excluding hydrogens is 244 g/mol. The van der Waals surface area contributed by atoms with Gasteiger partial charge in [-0.15, -0.1) is 0 Å². The molecule has 5 heteroatoms. The van der Waals surface area contributed by atoms with Crippen LogP contribution in [0, 0.1) is 5.92 Å². The van der Waals surface area contributed by atoms with E-state index in [0.717, 1.165) is 32.4 Å². The molecule has 2 fully saturated rings. The van der Waals surface area contributed by atoms with Crippen molar-refractivity contribution in [1.29, 1.82) is 0 Å². The molecule has 110 valence electrons. The number of piperidine rings is 1. The third kappa shape index (κ3) is 4.44. The van der Waals surface area contributed by atoms with Crippen LogP contribution in [0.4, 0.5) is 0 Å². The highest BCUT2D eigenvalue weighted by atomic mass is 16.5. The predicted molar refractivity (Wildman–Crippen MR) is 72.9 cm³/mol. The molecule has 0 bridgehead atoms. The summed E-state index contributed by atoms with van der Waals surface area (Å²) in [6.45, 7) is 4.00. The second-order valence-corrected chi connectivity index (χ2v) is 5.57. The topological polar surface area (TPSA) is 61.8 Å². The monoisotopic (exact) mass is 270 g/mol. The largest absolute Gasteiger partial charge is 0.395 e. The van der Waals surface area contributed by atoms with Gasteiger partial charge in [-0.1, -0.05) is 6.42 Å². The van der Waals surface area contributed by atoms with Crippen molar-refractivity contribution in [2.24, 2.45) is 5.92 Å². The van der Waals surface area contributed by atoms with Crippen LogP contribution in [0.25, 0.3) is 0 Å². The van der Waals surface area contributed by atoms with Gasteiger partial charge in [0.05, 0.1) is 19.1 Å². The number of aliphatic hydroxyl groups is 1. The molecule has 19 heavy (non-hydrogen) atoms. The van der Waals surface area contributed by atoms with E-state index in [1.54, 1.807) is 0 Å². The van der Waals surface area contributed by atoms with E-state index >= 15 is 0 Å². The van der Waals surface area contributed by atoms with Crippen molar-refractivity contribution < 1.29 is 14.6 Å². The molecule has 0 unspecified atom stereocenters. The van der Waals surface area contributed by atoms with Gasteiger partial charge in [0, 0.05) is 25.7 Å². The van der Waals surface area contributed by atoms with Crippen LogP contribution in [0.5, 0.6) is 0 Å². The summed E-state index contributed by atoms with van der Waals surface area (Å²) in [6.07, 6.45) is 5.45. The van der Waals surface area contributed by atoms with Crippen LogP contribution in [0.3, 0.4) is 0 Å². The number of rotatable bonds is 5. The normalized spacial score (nSPS) is 29.1. The average Bonchev–Trinajstić information content (AvgIpc) is 2.47. The van der Waals surface area contributed by atoms with Crippen molar-refractivity contribution >= 4 is 5.91 Å². The highest BCUT2D eigenvalue weighted by molar-refractivity contribution is 5.78. The Morgan fingerprint density at radius 2 is 2.21 bits per heavy atom. The Morgan fingerprint density at radius 1 is 1.32 bits per heavy atom. The highest BCUT2D eigenvalue weighted by Gasteiger charge is 2.25. The minimum Gasteiger partial charge on any atom is -0.395 e. The number of nitrogens with one attached hydrogen (secondary N) is 1. The molecule has 0 aromatic rings. The molecule has 5 nitrogen and oxygen atoms in total. The lowest BCUT2D eigenvalue weighted by Crippen LogP contribution is -2.49. The zero-order chi connectivity index (χ0) is 13.5. The number of likely N-dealkylation sites (tertiary alicyclic amines) is 1. The van der Waals surface area contributed by atoms with Crippen LogP contribution >= 0.6 is 0 Å². The van der Waals surface area contributed by atoms with Crippen LogP contribution in [-0.2, 0) is 9.53 Å². The van der Waals surface area contributed by atoms with Crippen molar-refractivity contribution in [3.63, 3.8) is 0 Å². The summed E-state index contributed by atoms with van der Waals surface area (Å²) in [5.41, 5.74) is 0. The van der Waals surface area contributed by atoms with Crippen molar-refractivity contribution in [1.82, 2.24) is 10.2 Å². The third-order valence-corrected chi connectivity index (χ3v) is 4.18. The van der Waals surface area contributed by atoms with Gasteiger partial charge in [-0.25, -0.2) is 0 Å². The van der Waals surface area contributed by atoms with Crippen molar-refractivity contribution in [2.75, 3.05) is 39.5 Å². The molecule has 2 saturated heterocycles. The summed E-state index contributed by atoms with van der Waals surface area (Å²) >= 11 is 0. The number of hydrogen-bond donors (Lipinski definition) is 2. The van der Waals surface area contributed by atoms with Gasteiger partial charge in [-0.3, -0.25) is 9.69 Å².